The average molecular weight is 355 g/mol. The van der Waals surface area contributed by atoms with Gasteiger partial charge in [0.2, 0.25) is 0 Å². The molecule has 0 spiro atoms. The summed E-state index contributed by atoms with van der Waals surface area (Å²) in [6.07, 6.45) is 3.33. The van der Waals surface area contributed by atoms with E-state index in [-0.39, 0.29) is 18.4 Å². The number of carbonyl (C=O) groups is 1. The lowest BCUT2D eigenvalue weighted by Crippen LogP contribution is -2.10. The molecule has 21 heavy (non-hydrogen) atoms. The molecule has 1 saturated carbocycles. The summed E-state index contributed by atoms with van der Waals surface area (Å²) >= 11 is 3.68. The van der Waals surface area contributed by atoms with Crippen molar-refractivity contribution >= 4 is 21.9 Å². The van der Waals surface area contributed by atoms with Crippen LogP contribution in [0.4, 0.5) is 0 Å². The van der Waals surface area contributed by atoms with Crippen LogP contribution >= 0.6 is 15.9 Å². The van der Waals surface area contributed by atoms with Crippen LogP contribution in [0.25, 0.3) is 0 Å². The number of hydrogen-bond donors (Lipinski definition) is 1. The zero-order valence-electron chi connectivity index (χ0n) is 12.2. The van der Waals surface area contributed by atoms with Gasteiger partial charge in [0.25, 0.3) is 0 Å². The molecule has 0 aromatic heterocycles. The maximum absolute atomic E-state index is 11.2. The fourth-order valence-corrected chi connectivity index (χ4v) is 3.92. The van der Waals surface area contributed by atoms with Gasteiger partial charge in [-0.05, 0) is 43.2 Å². The van der Waals surface area contributed by atoms with E-state index in [0.717, 1.165) is 40.6 Å². The number of methoxy groups -OCH3 is 1. The summed E-state index contributed by atoms with van der Waals surface area (Å²) in [7, 11) is 1.63. The molecule has 0 bridgehead atoms. The van der Waals surface area contributed by atoms with Gasteiger partial charge in [-0.1, -0.05) is 15.9 Å². The van der Waals surface area contributed by atoms with Crippen molar-refractivity contribution in [2.75, 3.05) is 7.11 Å². The molecule has 2 atom stereocenters. The minimum Gasteiger partial charge on any atom is -0.493 e. The normalized spacial score (nSPS) is 21.6. The zero-order chi connectivity index (χ0) is 15.1. The Hall–Kier alpha value is -1.23. The van der Waals surface area contributed by atoms with Crippen molar-refractivity contribution in [2.24, 2.45) is 5.92 Å². The van der Waals surface area contributed by atoms with E-state index in [2.05, 4.69) is 15.9 Å². The van der Waals surface area contributed by atoms with Crippen molar-refractivity contribution in [3.63, 3.8) is 0 Å². The Bertz CT molecular complexity index is 580. The topological polar surface area (TPSA) is 55.8 Å². The Morgan fingerprint density at radius 1 is 1.57 bits per heavy atom. The standard InChI is InChI=1S/C16H19BrO4/c1-8-5-12-15(17)11(6-13(20-2)16(12)21-8)10(7-14(18)19)9-3-4-9/h6,8-10H,3-5,7H2,1-2H3,(H,18,19). The number of fused-ring (bicyclic) bond motifs is 1. The summed E-state index contributed by atoms with van der Waals surface area (Å²) in [5.41, 5.74) is 2.15. The van der Waals surface area contributed by atoms with Gasteiger partial charge in [-0.25, -0.2) is 0 Å². The Kier molecular flexibility index (Phi) is 3.86. The fourth-order valence-electron chi connectivity index (χ4n) is 3.17. The third-order valence-corrected chi connectivity index (χ3v) is 5.25. The van der Waals surface area contributed by atoms with Gasteiger partial charge < -0.3 is 14.6 Å². The maximum atomic E-state index is 11.2. The summed E-state index contributed by atoms with van der Waals surface area (Å²) in [4.78, 5) is 11.2. The van der Waals surface area contributed by atoms with Gasteiger partial charge in [0.05, 0.1) is 13.5 Å². The number of halogens is 1. The summed E-state index contributed by atoms with van der Waals surface area (Å²) in [6, 6.07) is 1.95. The minimum atomic E-state index is -0.747. The summed E-state index contributed by atoms with van der Waals surface area (Å²) in [6.45, 7) is 2.03. The molecule has 0 radical (unpaired) electrons. The van der Waals surface area contributed by atoms with Gasteiger partial charge >= 0.3 is 5.97 Å². The molecule has 1 heterocycles. The number of benzene rings is 1. The molecule has 0 saturated heterocycles. The fraction of sp³-hybridized carbons (Fsp3) is 0.562. The van der Waals surface area contributed by atoms with Crippen molar-refractivity contribution < 1.29 is 19.4 Å². The first kappa shape index (κ1) is 14.7. The van der Waals surface area contributed by atoms with Gasteiger partial charge in [-0.2, -0.15) is 0 Å². The van der Waals surface area contributed by atoms with Crippen LogP contribution in [0, 0.1) is 5.92 Å². The van der Waals surface area contributed by atoms with E-state index in [4.69, 9.17) is 9.47 Å². The highest BCUT2D eigenvalue weighted by atomic mass is 79.9. The molecule has 1 aromatic rings. The first-order chi connectivity index (χ1) is 10.0. The molecule has 1 N–H and O–H groups in total. The minimum absolute atomic E-state index is 0.0481. The van der Waals surface area contributed by atoms with Crippen LogP contribution in [0.2, 0.25) is 0 Å². The first-order valence-electron chi connectivity index (χ1n) is 7.29. The average Bonchev–Trinajstić information content (AvgIpc) is 3.19. The monoisotopic (exact) mass is 354 g/mol. The summed E-state index contributed by atoms with van der Waals surface area (Å²) in [5, 5.41) is 9.20. The van der Waals surface area contributed by atoms with Crippen molar-refractivity contribution in [2.45, 2.75) is 44.6 Å². The van der Waals surface area contributed by atoms with Crippen molar-refractivity contribution in [3.05, 3.63) is 21.7 Å². The molecule has 4 nitrogen and oxygen atoms in total. The van der Waals surface area contributed by atoms with E-state index in [1.807, 2.05) is 13.0 Å². The second-order valence-corrected chi connectivity index (χ2v) is 6.76. The Balaban J connectivity index is 2.06. The molecular formula is C16H19BrO4. The molecule has 1 aliphatic heterocycles. The molecule has 114 valence electrons. The van der Waals surface area contributed by atoms with Crippen LogP contribution in [0.3, 0.4) is 0 Å². The first-order valence-corrected chi connectivity index (χ1v) is 8.08. The van der Waals surface area contributed by atoms with Crippen LogP contribution in [0.5, 0.6) is 11.5 Å². The van der Waals surface area contributed by atoms with E-state index in [1.165, 1.54) is 0 Å². The molecule has 5 heteroatoms. The largest absolute Gasteiger partial charge is 0.493 e. The number of ether oxygens (including phenoxy) is 2. The lowest BCUT2D eigenvalue weighted by molar-refractivity contribution is -0.137. The van der Waals surface area contributed by atoms with Crippen LogP contribution in [-0.4, -0.2) is 24.3 Å². The van der Waals surface area contributed by atoms with Gasteiger partial charge in [-0.15, -0.1) is 0 Å². The van der Waals surface area contributed by atoms with E-state index in [0.29, 0.717) is 11.7 Å². The van der Waals surface area contributed by atoms with Crippen molar-refractivity contribution in [1.82, 2.24) is 0 Å². The molecule has 1 fully saturated rings. The zero-order valence-corrected chi connectivity index (χ0v) is 13.8. The lowest BCUT2D eigenvalue weighted by atomic mass is 9.89. The van der Waals surface area contributed by atoms with Crippen LogP contribution < -0.4 is 9.47 Å². The smallest absolute Gasteiger partial charge is 0.303 e. The molecule has 1 aromatic carbocycles. The highest BCUT2D eigenvalue weighted by Crippen LogP contribution is 2.51. The lowest BCUT2D eigenvalue weighted by Gasteiger charge is -2.20. The number of hydrogen-bond acceptors (Lipinski definition) is 3. The molecule has 3 rings (SSSR count). The Labute approximate surface area is 132 Å². The Morgan fingerprint density at radius 2 is 2.29 bits per heavy atom. The number of carboxylic acid groups (broad SMARTS) is 1. The molecule has 1 aliphatic carbocycles. The number of aliphatic carboxylic acids is 1. The number of rotatable bonds is 5. The van der Waals surface area contributed by atoms with Gasteiger partial charge in [0.15, 0.2) is 11.5 Å². The predicted octanol–water partition coefficient (Wildman–Crippen LogP) is 3.75. The third kappa shape index (κ3) is 2.76. The van der Waals surface area contributed by atoms with Gasteiger partial charge in [0, 0.05) is 16.5 Å². The van der Waals surface area contributed by atoms with Crippen LogP contribution in [0.15, 0.2) is 10.5 Å². The Morgan fingerprint density at radius 3 is 2.86 bits per heavy atom. The quantitative estimate of drug-likeness (QED) is 0.874. The maximum Gasteiger partial charge on any atom is 0.303 e. The van der Waals surface area contributed by atoms with Crippen LogP contribution in [-0.2, 0) is 11.2 Å². The van der Waals surface area contributed by atoms with Crippen molar-refractivity contribution in [1.29, 1.82) is 0 Å². The van der Waals surface area contributed by atoms with E-state index < -0.39 is 5.97 Å². The van der Waals surface area contributed by atoms with E-state index >= 15 is 0 Å². The molecular weight excluding hydrogens is 336 g/mol. The second kappa shape index (κ2) is 5.52. The van der Waals surface area contributed by atoms with E-state index in [1.54, 1.807) is 7.11 Å². The second-order valence-electron chi connectivity index (χ2n) is 5.96. The molecule has 2 aliphatic rings. The van der Waals surface area contributed by atoms with Gasteiger partial charge in [-0.3, -0.25) is 4.79 Å². The highest BCUT2D eigenvalue weighted by molar-refractivity contribution is 9.10. The predicted molar refractivity (Wildman–Crippen MR) is 82.2 cm³/mol. The highest BCUT2D eigenvalue weighted by Gasteiger charge is 2.37. The SMILES string of the molecule is COc1cc(C(CC(=O)O)C2CC2)c(Br)c2c1OC(C)C2. The number of carboxylic acids is 1. The summed E-state index contributed by atoms with van der Waals surface area (Å²) < 4.78 is 12.3. The third-order valence-electron chi connectivity index (χ3n) is 4.32. The molecule has 2 unspecified atom stereocenters. The van der Waals surface area contributed by atoms with E-state index in [9.17, 15) is 9.90 Å². The molecule has 0 amide bonds. The van der Waals surface area contributed by atoms with Crippen molar-refractivity contribution in [3.8, 4) is 11.5 Å². The van der Waals surface area contributed by atoms with Crippen LogP contribution in [0.1, 0.15) is 43.2 Å². The summed E-state index contributed by atoms with van der Waals surface area (Å²) in [5.74, 6) is 1.28. The van der Waals surface area contributed by atoms with Gasteiger partial charge in [0.1, 0.15) is 6.10 Å².